The van der Waals surface area contributed by atoms with E-state index < -0.39 is 6.10 Å². The van der Waals surface area contributed by atoms with Crippen molar-refractivity contribution in [2.45, 2.75) is 30.8 Å². The molecular weight excluding hydrogens is 274 g/mol. The van der Waals surface area contributed by atoms with E-state index in [1.54, 1.807) is 0 Å². The maximum atomic E-state index is 9.54. The highest BCUT2D eigenvalue weighted by molar-refractivity contribution is 5.56. The van der Waals surface area contributed by atoms with Crippen LogP contribution < -0.4 is 10.5 Å². The van der Waals surface area contributed by atoms with Gasteiger partial charge in [-0.15, -0.1) is 0 Å². The van der Waals surface area contributed by atoms with E-state index in [0.29, 0.717) is 11.8 Å². The molecule has 114 valence electrons. The molecule has 5 rings (SSSR count). The van der Waals surface area contributed by atoms with Crippen LogP contribution in [0.15, 0.2) is 42.5 Å². The number of rotatable bonds is 4. The molecule has 0 saturated carbocycles. The van der Waals surface area contributed by atoms with Crippen molar-refractivity contribution in [3.8, 4) is 5.75 Å². The van der Waals surface area contributed by atoms with Crippen LogP contribution in [0.5, 0.6) is 5.75 Å². The largest absolute Gasteiger partial charge is 0.491 e. The number of hydrogen-bond donors (Lipinski definition) is 2. The zero-order valence-electron chi connectivity index (χ0n) is 12.5. The van der Waals surface area contributed by atoms with Gasteiger partial charge in [0.25, 0.3) is 0 Å². The average Bonchev–Trinajstić information content (AvgIpc) is 2.60. The fourth-order valence-corrected chi connectivity index (χ4v) is 3.96. The lowest BCUT2D eigenvalue weighted by Crippen LogP contribution is -2.27. The summed E-state index contributed by atoms with van der Waals surface area (Å²) in [4.78, 5) is 0. The lowest BCUT2D eigenvalue weighted by Gasteiger charge is -2.40. The Morgan fingerprint density at radius 3 is 2.32 bits per heavy atom. The van der Waals surface area contributed by atoms with Gasteiger partial charge < -0.3 is 15.6 Å². The Kier molecular flexibility index (Phi) is 3.40. The van der Waals surface area contributed by atoms with Crippen molar-refractivity contribution in [1.29, 1.82) is 0 Å². The Morgan fingerprint density at radius 1 is 1.00 bits per heavy atom. The molecule has 3 aliphatic rings. The van der Waals surface area contributed by atoms with Crippen LogP contribution in [0.25, 0.3) is 0 Å². The normalized spacial score (nSPS) is 22.8. The molecule has 3 heteroatoms. The molecule has 22 heavy (non-hydrogen) atoms. The average molecular weight is 295 g/mol. The highest BCUT2D eigenvalue weighted by Crippen LogP contribution is 2.53. The second kappa shape index (κ2) is 5.41. The van der Waals surface area contributed by atoms with Crippen molar-refractivity contribution in [2.24, 2.45) is 5.73 Å². The standard InChI is InChI=1S/C19H21NO2/c20-10-12(21)11-22-13-5-6-17-16-7-8-18(19(17)9-13)15-4-2-1-3-14(15)16/h1-6,9,12,16,18,21H,7-8,10-11,20H2. The summed E-state index contributed by atoms with van der Waals surface area (Å²) in [5, 5.41) is 9.54. The third-order valence-electron chi connectivity index (χ3n) is 5.01. The van der Waals surface area contributed by atoms with Crippen molar-refractivity contribution in [2.75, 3.05) is 13.2 Å². The molecule has 0 heterocycles. The van der Waals surface area contributed by atoms with Gasteiger partial charge in [-0.05, 0) is 47.2 Å². The highest BCUT2D eigenvalue weighted by Gasteiger charge is 2.37. The third-order valence-corrected chi connectivity index (χ3v) is 5.01. The first-order valence-corrected chi connectivity index (χ1v) is 8.01. The second-order valence-electron chi connectivity index (χ2n) is 6.30. The minimum Gasteiger partial charge on any atom is -0.491 e. The number of benzene rings is 2. The lowest BCUT2D eigenvalue weighted by molar-refractivity contribution is 0.114. The molecule has 2 aromatic rings. The van der Waals surface area contributed by atoms with Crippen molar-refractivity contribution < 1.29 is 9.84 Å². The predicted molar refractivity (Wildman–Crippen MR) is 86.4 cm³/mol. The van der Waals surface area contributed by atoms with Crippen LogP contribution in [0.2, 0.25) is 0 Å². The molecule has 0 saturated heterocycles. The number of aliphatic hydroxyl groups excluding tert-OH is 1. The lowest BCUT2D eigenvalue weighted by atomic mass is 9.64. The minimum atomic E-state index is -0.604. The summed E-state index contributed by atoms with van der Waals surface area (Å²) in [7, 11) is 0. The third kappa shape index (κ3) is 2.13. The molecular formula is C19H21NO2. The zero-order chi connectivity index (χ0) is 15.1. The van der Waals surface area contributed by atoms with Crippen molar-refractivity contribution in [3.63, 3.8) is 0 Å². The Hall–Kier alpha value is -1.84. The van der Waals surface area contributed by atoms with Gasteiger partial charge in [-0.1, -0.05) is 30.3 Å². The Bertz CT molecular complexity index is 698. The number of aliphatic hydroxyl groups is 1. The van der Waals surface area contributed by atoms with Gasteiger partial charge in [0.05, 0.1) is 0 Å². The van der Waals surface area contributed by atoms with E-state index in [1.807, 2.05) is 6.07 Å². The van der Waals surface area contributed by atoms with Crippen LogP contribution in [0.4, 0.5) is 0 Å². The number of ether oxygens (including phenoxy) is 1. The molecule has 0 aromatic heterocycles. The van der Waals surface area contributed by atoms with Crippen LogP contribution in [0.3, 0.4) is 0 Å². The monoisotopic (exact) mass is 295 g/mol. The van der Waals surface area contributed by atoms with Crippen LogP contribution in [0, 0.1) is 0 Å². The van der Waals surface area contributed by atoms with E-state index in [2.05, 4.69) is 36.4 Å². The molecule has 3 aliphatic carbocycles. The van der Waals surface area contributed by atoms with Gasteiger partial charge in [-0.2, -0.15) is 0 Å². The van der Waals surface area contributed by atoms with Gasteiger partial charge in [0.15, 0.2) is 0 Å². The van der Waals surface area contributed by atoms with E-state index >= 15 is 0 Å². The van der Waals surface area contributed by atoms with Gasteiger partial charge in [0, 0.05) is 18.4 Å². The molecule has 0 spiro atoms. The number of fused-ring (bicyclic) bond motifs is 1. The molecule has 0 fully saturated rings. The second-order valence-corrected chi connectivity index (χ2v) is 6.30. The SMILES string of the molecule is NCC(O)COc1ccc2c(c1)C1CCC2c2ccccc21. The maximum Gasteiger partial charge on any atom is 0.119 e. The van der Waals surface area contributed by atoms with E-state index in [-0.39, 0.29) is 13.2 Å². The molecule has 0 aliphatic heterocycles. The summed E-state index contributed by atoms with van der Waals surface area (Å²) in [6.07, 6.45) is 1.85. The Labute approximate surface area is 130 Å². The molecule has 2 bridgehead atoms. The topological polar surface area (TPSA) is 55.5 Å². The van der Waals surface area contributed by atoms with E-state index in [9.17, 15) is 5.11 Å². The molecule has 3 atom stereocenters. The predicted octanol–water partition coefficient (Wildman–Crippen LogP) is 2.76. The Balaban J connectivity index is 1.67. The first kappa shape index (κ1) is 13.8. The summed E-state index contributed by atoms with van der Waals surface area (Å²) in [5.41, 5.74) is 11.2. The number of nitrogens with two attached hydrogens (primary N) is 1. The molecule has 2 aromatic carbocycles. The van der Waals surface area contributed by atoms with Crippen LogP contribution in [-0.4, -0.2) is 24.4 Å². The molecule has 3 nitrogen and oxygen atoms in total. The maximum absolute atomic E-state index is 9.54. The first-order valence-electron chi connectivity index (χ1n) is 8.01. The van der Waals surface area contributed by atoms with Gasteiger partial charge >= 0.3 is 0 Å². The minimum absolute atomic E-state index is 0.225. The van der Waals surface area contributed by atoms with Crippen molar-refractivity contribution >= 4 is 0 Å². The van der Waals surface area contributed by atoms with Crippen molar-refractivity contribution in [1.82, 2.24) is 0 Å². The first-order chi connectivity index (χ1) is 10.8. The fourth-order valence-electron chi connectivity index (χ4n) is 3.96. The van der Waals surface area contributed by atoms with Gasteiger partial charge in [-0.3, -0.25) is 0 Å². The Morgan fingerprint density at radius 2 is 1.64 bits per heavy atom. The van der Waals surface area contributed by atoms with Gasteiger partial charge in [0.2, 0.25) is 0 Å². The molecule has 0 radical (unpaired) electrons. The summed E-state index contributed by atoms with van der Waals surface area (Å²) in [6, 6.07) is 15.2. The van der Waals surface area contributed by atoms with E-state index in [1.165, 1.54) is 35.1 Å². The summed E-state index contributed by atoms with van der Waals surface area (Å²) in [6.45, 7) is 0.475. The summed E-state index contributed by atoms with van der Waals surface area (Å²) >= 11 is 0. The smallest absolute Gasteiger partial charge is 0.119 e. The molecule has 3 unspecified atom stereocenters. The summed E-state index contributed by atoms with van der Waals surface area (Å²) < 4.78 is 5.69. The molecule has 0 amide bonds. The van der Waals surface area contributed by atoms with E-state index in [4.69, 9.17) is 10.5 Å². The van der Waals surface area contributed by atoms with Gasteiger partial charge in [0.1, 0.15) is 18.5 Å². The fraction of sp³-hybridized carbons (Fsp3) is 0.368. The quantitative estimate of drug-likeness (QED) is 0.912. The van der Waals surface area contributed by atoms with Crippen molar-refractivity contribution in [3.05, 3.63) is 64.7 Å². The van der Waals surface area contributed by atoms with E-state index in [0.717, 1.165) is 5.75 Å². The van der Waals surface area contributed by atoms with Crippen LogP contribution in [0.1, 0.15) is 46.9 Å². The zero-order valence-corrected chi connectivity index (χ0v) is 12.5. The summed E-state index contributed by atoms with van der Waals surface area (Å²) in [5.74, 6) is 1.84. The molecule has 3 N–H and O–H groups in total. The number of hydrogen-bond acceptors (Lipinski definition) is 3. The van der Waals surface area contributed by atoms with Crippen LogP contribution in [-0.2, 0) is 0 Å². The van der Waals surface area contributed by atoms with Crippen LogP contribution >= 0.6 is 0 Å². The van der Waals surface area contributed by atoms with Gasteiger partial charge in [-0.25, -0.2) is 0 Å². The highest BCUT2D eigenvalue weighted by atomic mass is 16.5.